The van der Waals surface area contributed by atoms with E-state index in [2.05, 4.69) is 22.0 Å². The molecule has 12 nitrogen and oxygen atoms in total. The van der Waals surface area contributed by atoms with Crippen LogP contribution in [-0.2, 0) is 19.1 Å². The number of likely N-dealkylation sites (N-methyl/N-ethyl adjacent to an activating group) is 1. The molecule has 3 rings (SSSR count). The number of carbonyl (C=O) groups is 3. The third-order valence-electron chi connectivity index (χ3n) is 6.07. The highest BCUT2D eigenvalue weighted by Crippen LogP contribution is 2.39. The predicted molar refractivity (Wildman–Crippen MR) is 139 cm³/mol. The molecule has 3 N–H and O–H groups in total. The number of benzene rings is 1. The second kappa shape index (κ2) is 15.1. The Bertz CT molecular complexity index is 887. The van der Waals surface area contributed by atoms with Crippen molar-refractivity contribution in [1.29, 1.82) is 0 Å². The van der Waals surface area contributed by atoms with Crippen LogP contribution < -0.4 is 19.7 Å². The topological polar surface area (TPSA) is 141 Å². The van der Waals surface area contributed by atoms with E-state index < -0.39 is 11.9 Å². The molecule has 0 saturated carbocycles. The first kappa shape index (κ1) is 30.0. The molecule has 0 aliphatic carbocycles. The summed E-state index contributed by atoms with van der Waals surface area (Å²) >= 11 is 0. The average molecular weight is 525 g/mol. The number of carboxylic acid groups (broad SMARTS) is 2. The van der Waals surface area contributed by atoms with Crippen molar-refractivity contribution in [3.63, 3.8) is 0 Å². The van der Waals surface area contributed by atoms with Gasteiger partial charge in [-0.05, 0) is 27.3 Å². The predicted octanol–water partition coefficient (Wildman–Crippen LogP) is 1.44. The molecule has 1 unspecified atom stereocenters. The summed E-state index contributed by atoms with van der Waals surface area (Å²) in [6.07, 6.45) is 0. The summed E-state index contributed by atoms with van der Waals surface area (Å²) in [6, 6.07) is 3.65. The Morgan fingerprint density at radius 1 is 0.919 bits per heavy atom. The molecule has 208 valence electrons. The van der Waals surface area contributed by atoms with Gasteiger partial charge in [0.05, 0.1) is 37.8 Å². The summed E-state index contributed by atoms with van der Waals surface area (Å²) in [5.41, 5.74) is 1.80. The van der Waals surface area contributed by atoms with E-state index in [1.807, 2.05) is 37.8 Å². The number of anilines is 2. The second-order valence-corrected chi connectivity index (χ2v) is 8.52. The third kappa shape index (κ3) is 8.97. The van der Waals surface area contributed by atoms with Crippen molar-refractivity contribution in [1.82, 2.24) is 9.80 Å². The van der Waals surface area contributed by atoms with Gasteiger partial charge < -0.3 is 44.4 Å². The van der Waals surface area contributed by atoms with Crippen molar-refractivity contribution < 1.29 is 38.8 Å². The number of nitrogens with one attached hydrogen (secondary N) is 1. The lowest BCUT2D eigenvalue weighted by Crippen LogP contribution is -2.52. The number of morpholine rings is 1. The number of hydrogen-bond acceptors (Lipinski definition) is 9. The van der Waals surface area contributed by atoms with Crippen LogP contribution in [0.5, 0.6) is 11.5 Å². The second-order valence-electron chi connectivity index (χ2n) is 8.52. The third-order valence-corrected chi connectivity index (χ3v) is 6.07. The molecule has 2 aliphatic rings. The number of hydrogen-bond donors (Lipinski definition) is 3. The van der Waals surface area contributed by atoms with Gasteiger partial charge in [-0.3, -0.25) is 4.79 Å². The van der Waals surface area contributed by atoms with Crippen LogP contribution >= 0.6 is 0 Å². The number of aliphatic carboxylic acids is 2. The van der Waals surface area contributed by atoms with Gasteiger partial charge in [0, 0.05) is 51.4 Å². The van der Waals surface area contributed by atoms with Crippen LogP contribution in [0.2, 0.25) is 0 Å². The number of amides is 1. The van der Waals surface area contributed by atoms with Gasteiger partial charge in [-0.15, -0.1) is 0 Å². The van der Waals surface area contributed by atoms with Crippen LogP contribution in [-0.4, -0.2) is 116 Å². The van der Waals surface area contributed by atoms with Gasteiger partial charge in [-0.2, -0.15) is 0 Å². The fourth-order valence-corrected chi connectivity index (χ4v) is 4.11. The van der Waals surface area contributed by atoms with Crippen molar-refractivity contribution in [2.75, 3.05) is 82.5 Å². The summed E-state index contributed by atoms with van der Waals surface area (Å²) < 4.78 is 17.4. The van der Waals surface area contributed by atoms with Crippen molar-refractivity contribution in [3.05, 3.63) is 12.1 Å². The van der Waals surface area contributed by atoms with Crippen LogP contribution in [0.3, 0.4) is 0 Å². The number of nitrogens with zero attached hydrogens (tertiary/aromatic N) is 3. The van der Waals surface area contributed by atoms with Gasteiger partial charge in [0.25, 0.3) is 0 Å². The van der Waals surface area contributed by atoms with Crippen molar-refractivity contribution in [3.8, 4) is 11.5 Å². The quantitative estimate of drug-likeness (QED) is 0.404. The fourth-order valence-electron chi connectivity index (χ4n) is 4.11. The Balaban J connectivity index is 0.000000717. The molecule has 1 aromatic carbocycles. The molecule has 0 radical (unpaired) electrons. The lowest BCUT2D eigenvalue weighted by Gasteiger charge is -2.35. The zero-order chi connectivity index (χ0) is 27.4. The van der Waals surface area contributed by atoms with Gasteiger partial charge in [0.1, 0.15) is 17.5 Å². The van der Waals surface area contributed by atoms with Crippen LogP contribution in [0.4, 0.5) is 11.4 Å². The maximum atomic E-state index is 13.0. The monoisotopic (exact) mass is 524 g/mol. The van der Waals surface area contributed by atoms with Gasteiger partial charge >= 0.3 is 11.9 Å². The van der Waals surface area contributed by atoms with Crippen molar-refractivity contribution in [2.24, 2.45) is 0 Å². The molecule has 1 atom stereocenters. The molecule has 2 heterocycles. The molecule has 2 saturated heterocycles. The first-order valence-electron chi connectivity index (χ1n) is 12.7. The van der Waals surface area contributed by atoms with Gasteiger partial charge in [-0.1, -0.05) is 6.92 Å². The van der Waals surface area contributed by atoms with Crippen LogP contribution in [0.1, 0.15) is 27.7 Å². The lowest BCUT2D eigenvalue weighted by molar-refractivity contribution is -0.159. The largest absolute Gasteiger partial charge is 0.492 e. The van der Waals surface area contributed by atoms with Gasteiger partial charge in [0.2, 0.25) is 5.91 Å². The van der Waals surface area contributed by atoms with Gasteiger partial charge in [-0.25, -0.2) is 9.59 Å². The highest BCUT2D eigenvalue weighted by atomic mass is 16.5. The molecule has 2 aliphatic heterocycles. The smallest absolute Gasteiger partial charge is 0.414 e. The first-order chi connectivity index (χ1) is 17.7. The van der Waals surface area contributed by atoms with Crippen LogP contribution in [0, 0.1) is 0 Å². The Kier molecular flexibility index (Phi) is 12.2. The summed E-state index contributed by atoms with van der Waals surface area (Å²) in [4.78, 5) is 37.8. The maximum absolute atomic E-state index is 13.0. The van der Waals surface area contributed by atoms with E-state index in [9.17, 15) is 4.79 Å². The fraction of sp³-hybridized carbons (Fsp3) is 0.640. The highest BCUT2D eigenvalue weighted by molar-refractivity contribution is 6.27. The first-order valence-corrected chi connectivity index (χ1v) is 12.7. The Labute approximate surface area is 218 Å². The molecular weight excluding hydrogens is 484 g/mol. The van der Waals surface area contributed by atoms with E-state index in [4.69, 9.17) is 34.0 Å². The summed E-state index contributed by atoms with van der Waals surface area (Å²) in [7, 11) is 0. The zero-order valence-electron chi connectivity index (χ0n) is 22.2. The molecule has 37 heavy (non-hydrogen) atoms. The number of piperazine rings is 1. The van der Waals surface area contributed by atoms with E-state index >= 15 is 0 Å². The standard InChI is InChI=1S/C23H38N4O4.C2H2O4/c1-5-25-8-10-27(11-9-25)23(28)18(4)24-19-16-22(31-7-3)20(17-21(19)30-6-2)26-12-14-29-15-13-26;3-1(4)2(5)6/h16-18,24H,5-15H2,1-4H3;(H,3,4)(H,5,6). The van der Waals surface area contributed by atoms with Crippen LogP contribution in [0.25, 0.3) is 0 Å². The Morgan fingerprint density at radius 3 is 2.00 bits per heavy atom. The van der Waals surface area contributed by atoms with E-state index in [-0.39, 0.29) is 11.9 Å². The Hall–Kier alpha value is -3.25. The summed E-state index contributed by atoms with van der Waals surface area (Å²) in [5, 5.41) is 18.2. The minimum Gasteiger partial charge on any atom is -0.492 e. The van der Waals surface area contributed by atoms with E-state index in [1.54, 1.807) is 0 Å². The van der Waals surface area contributed by atoms with E-state index in [0.29, 0.717) is 26.4 Å². The van der Waals surface area contributed by atoms with E-state index in [0.717, 1.165) is 68.7 Å². The molecule has 0 bridgehead atoms. The number of rotatable bonds is 9. The number of carboxylic acids is 2. The SMILES string of the molecule is CCOc1cc(N2CCOCC2)c(OCC)cc1NC(C)C(=O)N1CCN(CC)CC1.O=C(O)C(=O)O. The number of carbonyl (C=O) groups excluding carboxylic acids is 1. The minimum atomic E-state index is -1.82. The minimum absolute atomic E-state index is 0.119. The molecule has 2 fully saturated rings. The molecule has 0 aromatic heterocycles. The summed E-state index contributed by atoms with van der Waals surface area (Å²) in [5.74, 6) is -1.99. The van der Waals surface area contributed by atoms with E-state index in [1.165, 1.54) is 0 Å². The highest BCUT2D eigenvalue weighted by Gasteiger charge is 2.26. The normalized spacial score (nSPS) is 16.8. The molecule has 0 spiro atoms. The maximum Gasteiger partial charge on any atom is 0.414 e. The molecule has 1 aromatic rings. The lowest BCUT2D eigenvalue weighted by atomic mass is 10.1. The zero-order valence-corrected chi connectivity index (χ0v) is 22.2. The number of ether oxygens (including phenoxy) is 3. The summed E-state index contributed by atoms with van der Waals surface area (Å²) in [6.45, 7) is 16.6. The molecule has 1 amide bonds. The Morgan fingerprint density at radius 2 is 1.49 bits per heavy atom. The van der Waals surface area contributed by atoms with Crippen molar-refractivity contribution in [2.45, 2.75) is 33.7 Å². The molecule has 12 heteroatoms. The van der Waals surface area contributed by atoms with Gasteiger partial charge in [0.15, 0.2) is 0 Å². The van der Waals surface area contributed by atoms with Crippen molar-refractivity contribution >= 4 is 29.2 Å². The average Bonchev–Trinajstić information content (AvgIpc) is 2.90. The van der Waals surface area contributed by atoms with Crippen LogP contribution in [0.15, 0.2) is 12.1 Å². The molecular formula is C25H40N4O8.